The molecule has 0 fully saturated rings. The maximum absolute atomic E-state index is 13.4. The highest BCUT2D eigenvalue weighted by atomic mass is 35.5. The third-order valence-corrected chi connectivity index (χ3v) is 4.10. The molecule has 8 heteroatoms. The lowest BCUT2D eigenvalue weighted by atomic mass is 10.0. The van der Waals surface area contributed by atoms with Gasteiger partial charge in [0.25, 0.3) is 5.91 Å². The second kappa shape index (κ2) is 8.73. The molecule has 0 aliphatic carbocycles. The lowest BCUT2D eigenvalue weighted by Crippen LogP contribution is -2.33. The minimum atomic E-state index is -1.35. The summed E-state index contributed by atoms with van der Waals surface area (Å²) in [6.07, 6.45) is 0. The number of nitrogens with one attached hydrogen (secondary N) is 1. The van der Waals surface area contributed by atoms with E-state index in [-0.39, 0.29) is 27.5 Å². The van der Waals surface area contributed by atoms with Crippen LogP contribution in [0.3, 0.4) is 0 Å². The Balaban J connectivity index is 2.34. The molecule has 144 valence electrons. The van der Waals surface area contributed by atoms with Gasteiger partial charge < -0.3 is 19.9 Å². The number of carboxylic acid groups (broad SMARTS) is 1. The molecule has 1 unspecified atom stereocenters. The van der Waals surface area contributed by atoms with Crippen molar-refractivity contribution >= 4 is 23.5 Å². The smallest absolute Gasteiger partial charge is 0.330 e. The first-order valence-electron chi connectivity index (χ1n) is 8.08. The van der Waals surface area contributed by atoms with Gasteiger partial charge in [-0.05, 0) is 43.2 Å². The first kappa shape index (κ1) is 20.5. The van der Waals surface area contributed by atoms with Crippen LogP contribution in [-0.2, 0) is 4.79 Å². The fourth-order valence-electron chi connectivity index (χ4n) is 2.48. The molecule has 0 bridgehead atoms. The number of aliphatic carboxylic acids is 1. The third-order valence-electron chi connectivity index (χ3n) is 3.82. The molecule has 0 aliphatic heterocycles. The summed E-state index contributed by atoms with van der Waals surface area (Å²) in [5.41, 5.74) is 0.628. The van der Waals surface area contributed by atoms with E-state index in [1.54, 1.807) is 6.92 Å². The molecular formula is C19H19ClFNO5. The number of hydrogen-bond donors (Lipinski definition) is 2. The van der Waals surface area contributed by atoms with Crippen molar-refractivity contribution in [1.29, 1.82) is 0 Å². The summed E-state index contributed by atoms with van der Waals surface area (Å²) in [5.74, 6) is -1.87. The summed E-state index contributed by atoms with van der Waals surface area (Å²) in [7, 11) is 1.40. The Morgan fingerprint density at radius 1 is 1.30 bits per heavy atom. The van der Waals surface area contributed by atoms with Crippen LogP contribution >= 0.6 is 11.6 Å². The van der Waals surface area contributed by atoms with Crippen LogP contribution in [0.1, 0.15) is 34.5 Å². The fraction of sp³-hybridized carbons (Fsp3) is 0.263. The van der Waals surface area contributed by atoms with E-state index in [2.05, 4.69) is 5.32 Å². The first-order valence-corrected chi connectivity index (χ1v) is 8.46. The molecule has 6 nitrogen and oxygen atoms in total. The van der Waals surface area contributed by atoms with Crippen LogP contribution in [0, 0.1) is 12.7 Å². The van der Waals surface area contributed by atoms with Gasteiger partial charge in [-0.15, -0.1) is 0 Å². The van der Waals surface area contributed by atoms with Gasteiger partial charge in [0.15, 0.2) is 17.5 Å². The highest BCUT2D eigenvalue weighted by Gasteiger charge is 2.24. The average molecular weight is 396 g/mol. The van der Waals surface area contributed by atoms with Crippen LogP contribution in [0.2, 0.25) is 5.02 Å². The number of hydrogen-bond acceptors (Lipinski definition) is 4. The zero-order valence-corrected chi connectivity index (χ0v) is 15.8. The van der Waals surface area contributed by atoms with Gasteiger partial charge in [0, 0.05) is 5.56 Å². The van der Waals surface area contributed by atoms with E-state index in [1.807, 2.05) is 0 Å². The molecule has 0 saturated heterocycles. The van der Waals surface area contributed by atoms with E-state index >= 15 is 0 Å². The molecule has 2 aromatic carbocycles. The highest BCUT2D eigenvalue weighted by Crippen LogP contribution is 2.36. The summed E-state index contributed by atoms with van der Waals surface area (Å²) >= 11 is 6.15. The summed E-state index contributed by atoms with van der Waals surface area (Å²) in [6.45, 7) is 3.64. The summed E-state index contributed by atoms with van der Waals surface area (Å²) in [5, 5.41) is 12.0. The Hall–Kier alpha value is -2.80. The molecule has 0 aliphatic rings. The van der Waals surface area contributed by atoms with Crippen LogP contribution in [0.25, 0.3) is 0 Å². The quantitative estimate of drug-likeness (QED) is 0.745. The first-order chi connectivity index (χ1) is 12.8. The Morgan fingerprint density at radius 2 is 2.00 bits per heavy atom. The van der Waals surface area contributed by atoms with Gasteiger partial charge in [-0.1, -0.05) is 23.7 Å². The molecule has 0 saturated carbocycles. The van der Waals surface area contributed by atoms with Gasteiger partial charge in [0.2, 0.25) is 0 Å². The number of carbonyl (C=O) groups is 2. The molecule has 2 N–H and O–H groups in total. The maximum atomic E-state index is 13.4. The molecule has 0 radical (unpaired) electrons. The van der Waals surface area contributed by atoms with Crippen LogP contribution < -0.4 is 14.8 Å². The van der Waals surface area contributed by atoms with Crippen molar-refractivity contribution in [2.24, 2.45) is 0 Å². The van der Waals surface area contributed by atoms with Crippen molar-refractivity contribution in [3.05, 3.63) is 57.9 Å². The van der Waals surface area contributed by atoms with Crippen molar-refractivity contribution < 1.29 is 28.6 Å². The highest BCUT2D eigenvalue weighted by molar-refractivity contribution is 6.32. The summed E-state index contributed by atoms with van der Waals surface area (Å²) in [6, 6.07) is 5.25. The van der Waals surface area contributed by atoms with Crippen LogP contribution in [-0.4, -0.2) is 30.7 Å². The van der Waals surface area contributed by atoms with Gasteiger partial charge in [-0.3, -0.25) is 4.79 Å². The predicted molar refractivity (Wildman–Crippen MR) is 98.2 cm³/mol. The lowest BCUT2D eigenvalue weighted by Gasteiger charge is -2.17. The number of carboxylic acids is 1. The minimum Gasteiger partial charge on any atom is -0.493 e. The zero-order valence-electron chi connectivity index (χ0n) is 15.0. The molecule has 0 spiro atoms. The Bertz CT molecular complexity index is 871. The second-order valence-corrected chi connectivity index (χ2v) is 6.08. The molecule has 0 aromatic heterocycles. The number of carbonyl (C=O) groups excluding carboxylic acids is 1. The van der Waals surface area contributed by atoms with Gasteiger partial charge in [0.05, 0.1) is 18.7 Å². The van der Waals surface area contributed by atoms with Crippen molar-refractivity contribution in [2.45, 2.75) is 19.9 Å². The van der Waals surface area contributed by atoms with E-state index in [0.29, 0.717) is 12.4 Å². The topological polar surface area (TPSA) is 84.9 Å². The standard InChI is InChI=1S/C19H19ClFNO5/c1-4-27-17-13(20)8-12(9-15(17)26-3)18(23)22-16(19(24)25)11-5-6-14(21)10(2)7-11/h5-9,16H,4H2,1-3H3,(H,22,23)(H,24,25). The van der Waals surface area contributed by atoms with E-state index in [0.717, 1.165) is 6.07 Å². The minimum absolute atomic E-state index is 0.102. The number of methoxy groups -OCH3 is 1. The molecule has 27 heavy (non-hydrogen) atoms. The molecule has 0 heterocycles. The van der Waals surface area contributed by atoms with Gasteiger partial charge in [-0.25, -0.2) is 9.18 Å². The Morgan fingerprint density at radius 3 is 2.56 bits per heavy atom. The second-order valence-electron chi connectivity index (χ2n) is 5.68. The summed E-state index contributed by atoms with van der Waals surface area (Å²) in [4.78, 5) is 24.2. The van der Waals surface area contributed by atoms with Crippen molar-refractivity contribution in [3.63, 3.8) is 0 Å². The van der Waals surface area contributed by atoms with Gasteiger partial charge >= 0.3 is 5.97 Å². The number of benzene rings is 2. The number of halogens is 2. The van der Waals surface area contributed by atoms with Gasteiger partial charge in [0.1, 0.15) is 5.82 Å². The lowest BCUT2D eigenvalue weighted by molar-refractivity contribution is -0.139. The van der Waals surface area contributed by atoms with Gasteiger partial charge in [-0.2, -0.15) is 0 Å². The molecule has 1 atom stereocenters. The number of amides is 1. The molecule has 2 aromatic rings. The fourth-order valence-corrected chi connectivity index (χ4v) is 2.75. The van der Waals surface area contributed by atoms with Crippen LogP contribution in [0.15, 0.2) is 30.3 Å². The number of rotatable bonds is 7. The zero-order chi connectivity index (χ0) is 20.1. The Kier molecular flexibility index (Phi) is 6.63. The number of aryl methyl sites for hydroxylation is 1. The Labute approximate surface area is 160 Å². The van der Waals surface area contributed by atoms with Crippen LogP contribution in [0.4, 0.5) is 4.39 Å². The van der Waals surface area contributed by atoms with Crippen LogP contribution in [0.5, 0.6) is 11.5 Å². The van der Waals surface area contributed by atoms with E-state index in [1.165, 1.54) is 38.3 Å². The number of ether oxygens (including phenoxy) is 2. The van der Waals surface area contributed by atoms with Crippen molar-refractivity contribution in [3.8, 4) is 11.5 Å². The van der Waals surface area contributed by atoms with E-state index in [9.17, 15) is 19.1 Å². The third kappa shape index (κ3) is 4.68. The molecule has 2 rings (SSSR count). The van der Waals surface area contributed by atoms with E-state index in [4.69, 9.17) is 21.1 Å². The predicted octanol–water partition coefficient (Wildman–Crippen LogP) is 3.75. The van der Waals surface area contributed by atoms with E-state index < -0.39 is 23.7 Å². The average Bonchev–Trinajstić information content (AvgIpc) is 2.63. The SMILES string of the molecule is CCOc1c(Cl)cc(C(=O)NC(C(=O)O)c2ccc(F)c(C)c2)cc1OC. The van der Waals surface area contributed by atoms with Crippen molar-refractivity contribution in [1.82, 2.24) is 5.32 Å². The maximum Gasteiger partial charge on any atom is 0.330 e. The largest absolute Gasteiger partial charge is 0.493 e. The van der Waals surface area contributed by atoms with Crippen molar-refractivity contribution in [2.75, 3.05) is 13.7 Å². The molecule has 1 amide bonds. The normalized spacial score (nSPS) is 11.6. The molecular weight excluding hydrogens is 377 g/mol. The monoisotopic (exact) mass is 395 g/mol. The summed E-state index contributed by atoms with van der Waals surface area (Å²) < 4.78 is 24.0.